The van der Waals surface area contributed by atoms with Gasteiger partial charge in [-0.15, -0.1) is 0 Å². The van der Waals surface area contributed by atoms with E-state index in [2.05, 4.69) is 5.32 Å². The Labute approximate surface area is 127 Å². The SMILES string of the molecule is O=C(O)CNC(=O)C1CCCN1C(=O)OCc1ccccc1. The lowest BCUT2D eigenvalue weighted by atomic mass is 10.2. The molecule has 0 saturated carbocycles. The Hall–Kier alpha value is -2.57. The third-order valence-electron chi connectivity index (χ3n) is 3.41. The predicted octanol–water partition coefficient (Wildman–Crippen LogP) is 0.988. The summed E-state index contributed by atoms with van der Waals surface area (Å²) in [7, 11) is 0. The van der Waals surface area contributed by atoms with Crippen LogP contribution in [0.15, 0.2) is 30.3 Å². The molecule has 1 aromatic carbocycles. The van der Waals surface area contributed by atoms with Crippen LogP contribution in [0.1, 0.15) is 18.4 Å². The van der Waals surface area contributed by atoms with Crippen LogP contribution in [0.2, 0.25) is 0 Å². The second-order valence-corrected chi connectivity index (χ2v) is 5.00. The van der Waals surface area contributed by atoms with Gasteiger partial charge in [0.15, 0.2) is 0 Å². The van der Waals surface area contributed by atoms with Gasteiger partial charge in [-0.1, -0.05) is 30.3 Å². The Balaban J connectivity index is 1.87. The molecule has 0 radical (unpaired) electrons. The fraction of sp³-hybridized carbons (Fsp3) is 0.400. The van der Waals surface area contributed by atoms with Gasteiger partial charge >= 0.3 is 12.1 Å². The monoisotopic (exact) mass is 306 g/mol. The molecule has 1 atom stereocenters. The van der Waals surface area contributed by atoms with E-state index in [4.69, 9.17) is 9.84 Å². The van der Waals surface area contributed by atoms with Crippen LogP contribution in [0, 0.1) is 0 Å². The molecule has 0 spiro atoms. The fourth-order valence-corrected chi connectivity index (χ4v) is 2.34. The number of nitrogens with zero attached hydrogens (tertiary/aromatic N) is 1. The summed E-state index contributed by atoms with van der Waals surface area (Å²) in [5.74, 6) is -1.58. The minimum absolute atomic E-state index is 0.139. The van der Waals surface area contributed by atoms with Crippen LogP contribution in [0.4, 0.5) is 4.79 Å². The summed E-state index contributed by atoms with van der Waals surface area (Å²) in [5.41, 5.74) is 0.863. The largest absolute Gasteiger partial charge is 0.480 e. The summed E-state index contributed by atoms with van der Waals surface area (Å²) in [4.78, 5) is 35.8. The van der Waals surface area contributed by atoms with Gasteiger partial charge in [0, 0.05) is 6.54 Å². The Bertz CT molecular complexity index is 546. The van der Waals surface area contributed by atoms with Crippen molar-refractivity contribution < 1.29 is 24.2 Å². The van der Waals surface area contributed by atoms with Crippen LogP contribution in [0.5, 0.6) is 0 Å². The summed E-state index contributed by atoms with van der Waals surface area (Å²) < 4.78 is 5.21. The maximum Gasteiger partial charge on any atom is 0.410 e. The molecule has 2 N–H and O–H groups in total. The molecule has 7 nitrogen and oxygen atoms in total. The van der Waals surface area contributed by atoms with Crippen molar-refractivity contribution in [3.05, 3.63) is 35.9 Å². The van der Waals surface area contributed by atoms with Gasteiger partial charge in [-0.3, -0.25) is 14.5 Å². The predicted molar refractivity (Wildman–Crippen MR) is 77.0 cm³/mol. The van der Waals surface area contributed by atoms with Crippen LogP contribution in [0.25, 0.3) is 0 Å². The molecule has 1 aliphatic heterocycles. The molecule has 0 bridgehead atoms. The topological polar surface area (TPSA) is 95.9 Å². The number of rotatable bonds is 5. The molecule has 1 fully saturated rings. The Morgan fingerprint density at radius 3 is 2.68 bits per heavy atom. The van der Waals surface area contributed by atoms with Crippen LogP contribution < -0.4 is 5.32 Å². The highest BCUT2D eigenvalue weighted by Gasteiger charge is 2.35. The number of aliphatic carboxylic acids is 1. The minimum Gasteiger partial charge on any atom is -0.480 e. The highest BCUT2D eigenvalue weighted by molar-refractivity contribution is 5.88. The summed E-state index contributed by atoms with van der Waals surface area (Å²) in [6.07, 6.45) is 0.633. The summed E-state index contributed by atoms with van der Waals surface area (Å²) in [6, 6.07) is 8.59. The average molecular weight is 306 g/mol. The van der Waals surface area contributed by atoms with E-state index in [0.717, 1.165) is 5.56 Å². The van der Waals surface area contributed by atoms with Crippen molar-refractivity contribution >= 4 is 18.0 Å². The standard InChI is InChI=1S/C15H18N2O5/c18-13(19)9-16-14(20)12-7-4-8-17(12)15(21)22-10-11-5-2-1-3-6-11/h1-3,5-6,12H,4,7-10H2,(H,16,20)(H,18,19). The number of nitrogens with one attached hydrogen (secondary N) is 1. The number of ether oxygens (including phenoxy) is 1. The van der Waals surface area contributed by atoms with Gasteiger partial charge in [0.05, 0.1) is 0 Å². The van der Waals surface area contributed by atoms with Gasteiger partial charge in [-0.25, -0.2) is 4.79 Å². The third-order valence-corrected chi connectivity index (χ3v) is 3.41. The second kappa shape index (κ2) is 7.44. The van der Waals surface area contributed by atoms with Crippen LogP contribution >= 0.6 is 0 Å². The van der Waals surface area contributed by atoms with Crippen molar-refractivity contribution in [3.63, 3.8) is 0 Å². The van der Waals surface area contributed by atoms with Gasteiger partial charge < -0.3 is 15.2 Å². The van der Waals surface area contributed by atoms with E-state index in [1.165, 1.54) is 4.90 Å². The highest BCUT2D eigenvalue weighted by atomic mass is 16.6. The summed E-state index contributed by atoms with van der Waals surface area (Å²) in [5, 5.41) is 10.9. The van der Waals surface area contributed by atoms with E-state index < -0.39 is 30.6 Å². The number of hydrogen-bond donors (Lipinski definition) is 2. The number of amides is 2. The first-order chi connectivity index (χ1) is 10.6. The minimum atomic E-state index is -1.12. The molecule has 1 aromatic rings. The lowest BCUT2D eigenvalue weighted by molar-refractivity contribution is -0.138. The van der Waals surface area contributed by atoms with Crippen molar-refractivity contribution in [3.8, 4) is 0 Å². The molecule has 1 aliphatic rings. The molecule has 0 aliphatic carbocycles. The third kappa shape index (κ3) is 4.21. The van der Waals surface area contributed by atoms with Gasteiger partial charge in [-0.2, -0.15) is 0 Å². The Morgan fingerprint density at radius 1 is 1.27 bits per heavy atom. The number of likely N-dealkylation sites (tertiary alicyclic amines) is 1. The van der Waals surface area contributed by atoms with Gasteiger partial charge in [0.25, 0.3) is 0 Å². The van der Waals surface area contributed by atoms with Crippen LogP contribution in [-0.2, 0) is 20.9 Å². The van der Waals surface area contributed by atoms with E-state index in [1.807, 2.05) is 30.3 Å². The number of carbonyl (C=O) groups excluding carboxylic acids is 2. The number of carboxylic acids is 1. The maximum atomic E-state index is 12.1. The van der Waals surface area contributed by atoms with Crippen molar-refractivity contribution in [1.29, 1.82) is 0 Å². The van der Waals surface area contributed by atoms with Gasteiger partial charge in [0.1, 0.15) is 19.2 Å². The van der Waals surface area contributed by atoms with Crippen molar-refractivity contribution in [2.45, 2.75) is 25.5 Å². The van der Waals surface area contributed by atoms with E-state index >= 15 is 0 Å². The zero-order chi connectivity index (χ0) is 15.9. The van der Waals surface area contributed by atoms with Crippen molar-refractivity contribution in [2.24, 2.45) is 0 Å². The molecule has 2 rings (SSSR count). The molecular weight excluding hydrogens is 288 g/mol. The molecule has 22 heavy (non-hydrogen) atoms. The molecule has 1 heterocycles. The molecule has 0 aromatic heterocycles. The Morgan fingerprint density at radius 2 is 2.00 bits per heavy atom. The van der Waals surface area contributed by atoms with Crippen LogP contribution in [0.3, 0.4) is 0 Å². The molecule has 118 valence electrons. The first kappa shape index (κ1) is 15.8. The number of benzene rings is 1. The first-order valence-electron chi connectivity index (χ1n) is 7.05. The van der Waals surface area contributed by atoms with E-state index in [0.29, 0.717) is 19.4 Å². The summed E-state index contributed by atoms with van der Waals surface area (Å²) in [6.45, 7) is 0.112. The van der Waals surface area contributed by atoms with Gasteiger partial charge in [0.2, 0.25) is 5.91 Å². The normalized spacial score (nSPS) is 17.1. The maximum absolute atomic E-state index is 12.1. The quantitative estimate of drug-likeness (QED) is 0.845. The van der Waals surface area contributed by atoms with E-state index in [9.17, 15) is 14.4 Å². The number of carbonyl (C=O) groups is 3. The van der Waals surface area contributed by atoms with E-state index in [1.54, 1.807) is 0 Å². The smallest absolute Gasteiger partial charge is 0.410 e. The first-order valence-corrected chi connectivity index (χ1v) is 7.05. The van der Waals surface area contributed by atoms with Crippen molar-refractivity contribution in [2.75, 3.05) is 13.1 Å². The molecule has 7 heteroatoms. The summed E-state index contributed by atoms with van der Waals surface area (Å²) >= 11 is 0. The molecular formula is C15H18N2O5. The average Bonchev–Trinajstić information content (AvgIpc) is 3.01. The molecule has 1 unspecified atom stereocenters. The molecule has 2 amide bonds. The van der Waals surface area contributed by atoms with Crippen LogP contribution in [-0.4, -0.2) is 47.1 Å². The van der Waals surface area contributed by atoms with Crippen molar-refractivity contribution in [1.82, 2.24) is 10.2 Å². The fourth-order valence-electron chi connectivity index (χ4n) is 2.34. The van der Waals surface area contributed by atoms with E-state index in [-0.39, 0.29) is 6.61 Å². The highest BCUT2D eigenvalue weighted by Crippen LogP contribution is 2.19. The zero-order valence-electron chi connectivity index (χ0n) is 12.0. The van der Waals surface area contributed by atoms with Gasteiger partial charge in [-0.05, 0) is 18.4 Å². The number of hydrogen-bond acceptors (Lipinski definition) is 4. The molecule has 1 saturated heterocycles. The zero-order valence-corrected chi connectivity index (χ0v) is 12.0. The lowest BCUT2D eigenvalue weighted by Crippen LogP contribution is -2.47. The Kier molecular flexibility index (Phi) is 5.35. The second-order valence-electron chi connectivity index (χ2n) is 5.00. The lowest BCUT2D eigenvalue weighted by Gasteiger charge is -2.23. The number of carboxylic acid groups (broad SMARTS) is 1.